The molecule has 1 saturated heterocycles. The molecule has 2 N–H and O–H groups in total. The van der Waals surface area contributed by atoms with Gasteiger partial charge in [-0.3, -0.25) is 14.4 Å². The van der Waals surface area contributed by atoms with Crippen molar-refractivity contribution in [3.8, 4) is 5.75 Å². The highest BCUT2D eigenvalue weighted by atomic mass is 16.5. The fourth-order valence-corrected chi connectivity index (χ4v) is 3.80. The molecule has 0 spiro atoms. The number of rotatable bonds is 6. The second-order valence-corrected chi connectivity index (χ2v) is 7.31. The third-order valence-electron chi connectivity index (χ3n) is 5.45. The Morgan fingerprint density at radius 2 is 1.74 bits per heavy atom. The van der Waals surface area contributed by atoms with E-state index in [1.807, 2.05) is 30.3 Å². The first-order chi connectivity index (χ1) is 13.0. The van der Waals surface area contributed by atoms with Crippen LogP contribution in [0, 0.1) is 11.8 Å². The van der Waals surface area contributed by atoms with E-state index in [0.29, 0.717) is 44.5 Å². The van der Waals surface area contributed by atoms with Crippen molar-refractivity contribution in [3.63, 3.8) is 0 Å². The van der Waals surface area contributed by atoms with E-state index in [1.165, 1.54) is 0 Å². The lowest BCUT2D eigenvalue weighted by Crippen LogP contribution is -2.46. The third-order valence-corrected chi connectivity index (χ3v) is 5.45. The lowest BCUT2D eigenvalue weighted by molar-refractivity contribution is -0.141. The van der Waals surface area contributed by atoms with Crippen LogP contribution < -0.4 is 10.1 Å². The second kappa shape index (κ2) is 8.88. The van der Waals surface area contributed by atoms with Crippen molar-refractivity contribution in [2.24, 2.45) is 11.8 Å². The monoisotopic (exact) mass is 374 g/mol. The molecular weight excluding hydrogens is 348 g/mol. The number of amides is 2. The van der Waals surface area contributed by atoms with E-state index < -0.39 is 5.97 Å². The quantitative estimate of drug-likeness (QED) is 0.790. The minimum atomic E-state index is -0.781. The maximum absolute atomic E-state index is 12.4. The summed E-state index contributed by atoms with van der Waals surface area (Å²) in [5.74, 6) is -0.670. The number of ether oxygens (including phenoxy) is 1. The molecule has 2 fully saturated rings. The molecule has 1 aromatic carbocycles. The number of benzene rings is 1. The van der Waals surface area contributed by atoms with Gasteiger partial charge in [0.05, 0.1) is 5.92 Å². The fourth-order valence-electron chi connectivity index (χ4n) is 3.80. The van der Waals surface area contributed by atoms with Crippen LogP contribution in [0.5, 0.6) is 5.75 Å². The van der Waals surface area contributed by atoms with E-state index in [2.05, 4.69) is 5.32 Å². The van der Waals surface area contributed by atoms with Crippen molar-refractivity contribution in [1.29, 1.82) is 0 Å². The van der Waals surface area contributed by atoms with Crippen molar-refractivity contribution in [1.82, 2.24) is 10.2 Å². The zero-order valence-corrected chi connectivity index (χ0v) is 15.3. The molecule has 2 atom stereocenters. The number of hydrogen-bond donors (Lipinski definition) is 2. The van der Waals surface area contributed by atoms with Crippen LogP contribution in [0.1, 0.15) is 32.1 Å². The molecular formula is C20H26N2O5. The molecule has 2 amide bonds. The first-order valence-corrected chi connectivity index (χ1v) is 9.51. The number of hydrogen-bond acceptors (Lipinski definition) is 4. The van der Waals surface area contributed by atoms with Crippen LogP contribution in [0.15, 0.2) is 30.3 Å². The summed E-state index contributed by atoms with van der Waals surface area (Å²) < 4.78 is 5.49. The highest BCUT2D eigenvalue weighted by Gasteiger charge is 2.33. The minimum Gasteiger partial charge on any atom is -0.484 e. The predicted molar refractivity (Wildman–Crippen MR) is 98.1 cm³/mol. The highest BCUT2D eigenvalue weighted by Crippen LogP contribution is 2.26. The number of nitrogens with one attached hydrogen (secondary N) is 1. The first kappa shape index (κ1) is 19.2. The van der Waals surface area contributed by atoms with E-state index in [-0.39, 0.29) is 36.3 Å². The van der Waals surface area contributed by atoms with Gasteiger partial charge in [0.25, 0.3) is 5.91 Å². The highest BCUT2D eigenvalue weighted by molar-refractivity contribution is 5.81. The van der Waals surface area contributed by atoms with Crippen molar-refractivity contribution in [3.05, 3.63) is 30.3 Å². The van der Waals surface area contributed by atoms with Crippen molar-refractivity contribution in [2.75, 3.05) is 19.7 Å². The standard InChI is InChI=1S/C20H26N2O5/c23-18(13-27-17-4-2-1-3-5-17)22-10-8-14(9-11-22)19(24)21-16-7-6-15(12-16)20(25)26/h1-5,14-16H,6-13H2,(H,21,24)(H,25,26)/t15-,16+/m0/s1. The largest absolute Gasteiger partial charge is 0.484 e. The van der Waals surface area contributed by atoms with Crippen LogP contribution in [0.25, 0.3) is 0 Å². The number of para-hydroxylation sites is 1. The van der Waals surface area contributed by atoms with E-state index >= 15 is 0 Å². The average molecular weight is 374 g/mol. The Hall–Kier alpha value is -2.57. The van der Waals surface area contributed by atoms with Gasteiger partial charge in [0, 0.05) is 25.0 Å². The van der Waals surface area contributed by atoms with Gasteiger partial charge in [-0.25, -0.2) is 0 Å². The maximum Gasteiger partial charge on any atom is 0.306 e. The molecule has 1 heterocycles. The molecule has 27 heavy (non-hydrogen) atoms. The lowest BCUT2D eigenvalue weighted by Gasteiger charge is -2.31. The van der Waals surface area contributed by atoms with Gasteiger partial charge in [0.2, 0.25) is 5.91 Å². The molecule has 0 bridgehead atoms. The van der Waals surface area contributed by atoms with E-state index in [1.54, 1.807) is 4.90 Å². The number of carbonyl (C=O) groups excluding carboxylic acids is 2. The van der Waals surface area contributed by atoms with Gasteiger partial charge < -0.3 is 20.1 Å². The smallest absolute Gasteiger partial charge is 0.306 e. The van der Waals surface area contributed by atoms with Crippen molar-refractivity contribution in [2.45, 2.75) is 38.1 Å². The number of carbonyl (C=O) groups is 3. The average Bonchev–Trinajstić information content (AvgIpc) is 3.16. The summed E-state index contributed by atoms with van der Waals surface area (Å²) >= 11 is 0. The Kier molecular flexibility index (Phi) is 6.32. The molecule has 1 aliphatic carbocycles. The van der Waals surface area contributed by atoms with Crippen LogP contribution in [-0.2, 0) is 14.4 Å². The van der Waals surface area contributed by atoms with Gasteiger partial charge in [-0.1, -0.05) is 18.2 Å². The molecule has 1 aliphatic heterocycles. The van der Waals surface area contributed by atoms with Gasteiger partial charge in [0.1, 0.15) is 5.75 Å². The SMILES string of the molecule is O=C(N[C@@H]1CC[C@H](C(=O)O)C1)C1CCN(C(=O)COc2ccccc2)CC1. The number of carboxylic acids is 1. The number of likely N-dealkylation sites (tertiary alicyclic amines) is 1. The number of aliphatic carboxylic acids is 1. The van der Waals surface area contributed by atoms with Crippen LogP contribution >= 0.6 is 0 Å². The summed E-state index contributed by atoms with van der Waals surface area (Å²) in [5, 5.41) is 12.0. The first-order valence-electron chi connectivity index (χ1n) is 9.51. The Bertz CT molecular complexity index is 670. The van der Waals surface area contributed by atoms with Gasteiger partial charge in [-0.05, 0) is 44.2 Å². The summed E-state index contributed by atoms with van der Waals surface area (Å²) in [6.07, 6.45) is 3.09. The van der Waals surface area contributed by atoms with Gasteiger partial charge in [-0.2, -0.15) is 0 Å². The van der Waals surface area contributed by atoms with E-state index in [0.717, 1.165) is 6.42 Å². The Morgan fingerprint density at radius 1 is 1.04 bits per heavy atom. The summed E-state index contributed by atoms with van der Waals surface area (Å²) in [7, 11) is 0. The van der Waals surface area contributed by atoms with Gasteiger partial charge in [-0.15, -0.1) is 0 Å². The van der Waals surface area contributed by atoms with Crippen LogP contribution in [0.3, 0.4) is 0 Å². The fraction of sp³-hybridized carbons (Fsp3) is 0.550. The third kappa shape index (κ3) is 5.21. The molecule has 7 nitrogen and oxygen atoms in total. The lowest BCUT2D eigenvalue weighted by atomic mass is 9.95. The Balaban J connectivity index is 1.38. The molecule has 3 rings (SSSR count). The second-order valence-electron chi connectivity index (χ2n) is 7.31. The summed E-state index contributed by atoms with van der Waals surface area (Å²) in [6.45, 7) is 1.08. The van der Waals surface area contributed by atoms with Crippen molar-refractivity contribution < 1.29 is 24.2 Å². The zero-order valence-electron chi connectivity index (χ0n) is 15.3. The zero-order chi connectivity index (χ0) is 19.2. The molecule has 146 valence electrons. The molecule has 2 aliphatic rings. The van der Waals surface area contributed by atoms with Gasteiger partial charge in [0.15, 0.2) is 6.61 Å². The summed E-state index contributed by atoms with van der Waals surface area (Å²) in [5.41, 5.74) is 0. The maximum atomic E-state index is 12.4. The molecule has 1 saturated carbocycles. The summed E-state index contributed by atoms with van der Waals surface area (Å²) in [4.78, 5) is 37.5. The number of piperidine rings is 1. The molecule has 1 aromatic rings. The Morgan fingerprint density at radius 3 is 2.37 bits per heavy atom. The number of nitrogens with zero attached hydrogens (tertiary/aromatic N) is 1. The van der Waals surface area contributed by atoms with E-state index in [9.17, 15) is 14.4 Å². The molecule has 0 aromatic heterocycles. The molecule has 0 unspecified atom stereocenters. The topological polar surface area (TPSA) is 95.9 Å². The van der Waals surface area contributed by atoms with Crippen LogP contribution in [0.4, 0.5) is 0 Å². The summed E-state index contributed by atoms with van der Waals surface area (Å²) in [6, 6.07) is 9.17. The van der Waals surface area contributed by atoms with Crippen molar-refractivity contribution >= 4 is 17.8 Å². The normalized spacial score (nSPS) is 23.0. The number of carboxylic acid groups (broad SMARTS) is 1. The van der Waals surface area contributed by atoms with Crippen LogP contribution in [-0.4, -0.2) is 53.5 Å². The predicted octanol–water partition coefficient (Wildman–Crippen LogP) is 1.67. The van der Waals surface area contributed by atoms with Crippen LogP contribution in [0.2, 0.25) is 0 Å². The van der Waals surface area contributed by atoms with E-state index in [4.69, 9.17) is 9.84 Å². The molecule has 0 radical (unpaired) electrons. The minimum absolute atomic E-state index is 0.000469. The van der Waals surface area contributed by atoms with Gasteiger partial charge >= 0.3 is 5.97 Å². The molecule has 7 heteroatoms. The Labute approximate surface area is 158 Å².